The summed E-state index contributed by atoms with van der Waals surface area (Å²) >= 11 is 0. The molecule has 0 spiro atoms. The van der Waals surface area contributed by atoms with E-state index < -0.39 is 0 Å². The van der Waals surface area contributed by atoms with Gasteiger partial charge in [-0.15, -0.1) is 0 Å². The maximum Gasteiger partial charge on any atom is 0.308 e. The minimum Gasteiger partial charge on any atom is -0.469 e. The van der Waals surface area contributed by atoms with Crippen molar-refractivity contribution in [3.8, 4) is 6.07 Å². The van der Waals surface area contributed by atoms with Crippen LogP contribution in [0.5, 0.6) is 0 Å². The molecule has 5 heteroatoms. The van der Waals surface area contributed by atoms with Gasteiger partial charge in [-0.25, -0.2) is 4.98 Å². The van der Waals surface area contributed by atoms with Crippen LogP contribution in [0, 0.1) is 17.2 Å². The maximum absolute atomic E-state index is 11.4. The summed E-state index contributed by atoms with van der Waals surface area (Å²) in [5.41, 5.74) is 0.559. The first-order chi connectivity index (χ1) is 8.74. The van der Waals surface area contributed by atoms with Crippen LogP contribution in [0.15, 0.2) is 18.3 Å². The quantitative estimate of drug-likeness (QED) is 0.736. The number of hydrogen-bond donors (Lipinski definition) is 0. The summed E-state index contributed by atoms with van der Waals surface area (Å²) in [6.45, 7) is 1.58. The monoisotopic (exact) mass is 245 g/mol. The average Bonchev–Trinajstić information content (AvgIpc) is 2.47. The summed E-state index contributed by atoms with van der Waals surface area (Å²) in [6.07, 6.45) is 3.14. The van der Waals surface area contributed by atoms with Gasteiger partial charge in [-0.3, -0.25) is 4.79 Å². The van der Waals surface area contributed by atoms with E-state index >= 15 is 0 Å². The lowest BCUT2D eigenvalue weighted by atomic mass is 9.97. The minimum atomic E-state index is -0.123. The van der Waals surface area contributed by atoms with E-state index in [1.54, 1.807) is 12.3 Å². The molecule has 0 unspecified atom stereocenters. The van der Waals surface area contributed by atoms with Crippen molar-refractivity contribution in [1.82, 2.24) is 4.98 Å². The summed E-state index contributed by atoms with van der Waals surface area (Å²) in [6, 6.07) is 5.65. The Morgan fingerprint density at radius 3 is 2.72 bits per heavy atom. The van der Waals surface area contributed by atoms with Crippen molar-refractivity contribution < 1.29 is 9.53 Å². The zero-order valence-corrected chi connectivity index (χ0v) is 10.3. The Bertz CT molecular complexity index is 456. The number of pyridine rings is 1. The minimum absolute atomic E-state index is 0.00429. The number of piperidine rings is 1. The number of hydrogen-bond acceptors (Lipinski definition) is 5. The number of ether oxygens (including phenoxy) is 1. The molecule has 0 bridgehead atoms. The first kappa shape index (κ1) is 12.4. The Morgan fingerprint density at radius 2 is 2.22 bits per heavy atom. The maximum atomic E-state index is 11.4. The van der Waals surface area contributed by atoms with Gasteiger partial charge in [0.05, 0.1) is 18.6 Å². The Morgan fingerprint density at radius 1 is 1.50 bits per heavy atom. The SMILES string of the molecule is COC(=O)C1CCN(c2ccc(C#N)cn2)CC1. The van der Waals surface area contributed by atoms with Gasteiger partial charge in [-0.1, -0.05) is 0 Å². The van der Waals surface area contributed by atoms with Crippen molar-refractivity contribution >= 4 is 11.8 Å². The Labute approximate surface area is 106 Å². The molecular formula is C13H15N3O2. The number of carbonyl (C=O) groups excluding carboxylic acids is 1. The third kappa shape index (κ3) is 2.59. The van der Waals surface area contributed by atoms with E-state index in [0.29, 0.717) is 5.56 Å². The predicted octanol–water partition coefficient (Wildman–Crippen LogP) is 1.34. The summed E-state index contributed by atoms with van der Waals surface area (Å²) in [5.74, 6) is 0.740. The number of rotatable bonds is 2. The fourth-order valence-corrected chi connectivity index (χ4v) is 2.15. The predicted molar refractivity (Wildman–Crippen MR) is 65.9 cm³/mol. The molecule has 1 aliphatic heterocycles. The molecule has 1 aromatic rings. The molecular weight excluding hydrogens is 230 g/mol. The highest BCUT2D eigenvalue weighted by atomic mass is 16.5. The van der Waals surface area contributed by atoms with Crippen molar-refractivity contribution in [1.29, 1.82) is 5.26 Å². The Kier molecular flexibility index (Phi) is 3.78. The first-order valence-electron chi connectivity index (χ1n) is 5.93. The third-order valence-electron chi connectivity index (χ3n) is 3.23. The van der Waals surface area contributed by atoms with Gasteiger partial charge in [0.1, 0.15) is 11.9 Å². The normalized spacial score (nSPS) is 16.1. The molecule has 18 heavy (non-hydrogen) atoms. The summed E-state index contributed by atoms with van der Waals surface area (Å²) in [4.78, 5) is 17.8. The van der Waals surface area contributed by atoms with Crippen LogP contribution in [0.2, 0.25) is 0 Å². The van der Waals surface area contributed by atoms with Crippen LogP contribution in [0.4, 0.5) is 5.82 Å². The standard InChI is InChI=1S/C13H15N3O2/c1-18-13(17)11-4-6-16(7-5-11)12-3-2-10(8-14)9-15-12/h2-3,9,11H,4-7H2,1H3. The number of nitriles is 1. The van der Waals surface area contributed by atoms with Crippen LogP contribution in [-0.2, 0) is 9.53 Å². The van der Waals surface area contributed by atoms with Crippen molar-refractivity contribution in [3.63, 3.8) is 0 Å². The van der Waals surface area contributed by atoms with Crippen molar-refractivity contribution in [2.24, 2.45) is 5.92 Å². The molecule has 1 aliphatic rings. The van der Waals surface area contributed by atoms with Gasteiger partial charge < -0.3 is 9.64 Å². The molecule has 0 atom stereocenters. The van der Waals surface area contributed by atoms with Gasteiger partial charge in [-0.2, -0.15) is 5.26 Å². The summed E-state index contributed by atoms with van der Waals surface area (Å²) < 4.78 is 4.75. The number of aromatic nitrogens is 1. The van der Waals surface area contributed by atoms with E-state index in [1.807, 2.05) is 12.1 Å². The number of carbonyl (C=O) groups is 1. The molecule has 5 nitrogen and oxygen atoms in total. The van der Waals surface area contributed by atoms with Gasteiger partial charge in [0, 0.05) is 19.3 Å². The highest BCUT2D eigenvalue weighted by Crippen LogP contribution is 2.22. The van der Waals surface area contributed by atoms with Gasteiger partial charge in [0.15, 0.2) is 0 Å². The van der Waals surface area contributed by atoms with Crippen LogP contribution in [0.3, 0.4) is 0 Å². The molecule has 94 valence electrons. The van der Waals surface area contributed by atoms with Crippen molar-refractivity contribution in [3.05, 3.63) is 23.9 Å². The van der Waals surface area contributed by atoms with E-state index in [1.165, 1.54) is 7.11 Å². The smallest absolute Gasteiger partial charge is 0.308 e. The van der Waals surface area contributed by atoms with Crippen LogP contribution < -0.4 is 4.90 Å². The van der Waals surface area contributed by atoms with E-state index in [0.717, 1.165) is 31.7 Å². The molecule has 0 saturated carbocycles. The summed E-state index contributed by atoms with van der Waals surface area (Å²) in [7, 11) is 1.43. The van der Waals surface area contributed by atoms with Crippen LogP contribution in [-0.4, -0.2) is 31.2 Å². The summed E-state index contributed by atoms with van der Waals surface area (Å²) in [5, 5.41) is 8.71. The second-order valence-electron chi connectivity index (χ2n) is 4.30. The van der Waals surface area contributed by atoms with Gasteiger partial charge in [-0.05, 0) is 25.0 Å². The van der Waals surface area contributed by atoms with Crippen molar-refractivity contribution in [2.45, 2.75) is 12.8 Å². The molecule has 0 amide bonds. The van der Waals surface area contributed by atoms with E-state index in [-0.39, 0.29) is 11.9 Å². The topological polar surface area (TPSA) is 66.2 Å². The highest BCUT2D eigenvalue weighted by molar-refractivity contribution is 5.72. The fraction of sp³-hybridized carbons (Fsp3) is 0.462. The van der Waals surface area contributed by atoms with Gasteiger partial charge in [0.2, 0.25) is 0 Å². The number of anilines is 1. The lowest BCUT2D eigenvalue weighted by molar-refractivity contribution is -0.146. The number of nitrogens with zero attached hydrogens (tertiary/aromatic N) is 3. The lowest BCUT2D eigenvalue weighted by Crippen LogP contribution is -2.37. The van der Waals surface area contributed by atoms with E-state index in [4.69, 9.17) is 10.00 Å². The number of esters is 1. The molecule has 0 aliphatic carbocycles. The molecule has 2 rings (SSSR count). The fourth-order valence-electron chi connectivity index (χ4n) is 2.15. The lowest BCUT2D eigenvalue weighted by Gasteiger charge is -2.31. The zero-order valence-electron chi connectivity index (χ0n) is 10.3. The Hall–Kier alpha value is -2.09. The van der Waals surface area contributed by atoms with Gasteiger partial charge in [0.25, 0.3) is 0 Å². The van der Waals surface area contributed by atoms with Crippen molar-refractivity contribution in [2.75, 3.05) is 25.1 Å². The zero-order chi connectivity index (χ0) is 13.0. The number of methoxy groups -OCH3 is 1. The van der Waals surface area contributed by atoms with Crippen LogP contribution in [0.1, 0.15) is 18.4 Å². The Balaban J connectivity index is 1.97. The van der Waals surface area contributed by atoms with Crippen LogP contribution in [0.25, 0.3) is 0 Å². The second kappa shape index (κ2) is 5.50. The highest BCUT2D eigenvalue weighted by Gasteiger charge is 2.25. The molecule has 1 aromatic heterocycles. The molecule has 0 radical (unpaired) electrons. The third-order valence-corrected chi connectivity index (χ3v) is 3.23. The van der Waals surface area contributed by atoms with Crippen LogP contribution >= 0.6 is 0 Å². The molecule has 0 aromatic carbocycles. The average molecular weight is 245 g/mol. The first-order valence-corrected chi connectivity index (χ1v) is 5.93. The van der Waals surface area contributed by atoms with Gasteiger partial charge >= 0.3 is 5.97 Å². The molecule has 0 N–H and O–H groups in total. The molecule has 1 saturated heterocycles. The second-order valence-corrected chi connectivity index (χ2v) is 4.30. The molecule has 1 fully saturated rings. The van der Waals surface area contributed by atoms with E-state index in [9.17, 15) is 4.79 Å². The van der Waals surface area contributed by atoms with E-state index in [2.05, 4.69) is 9.88 Å². The largest absolute Gasteiger partial charge is 0.469 e. The molecule has 2 heterocycles.